The predicted octanol–water partition coefficient (Wildman–Crippen LogP) is 0.312. The molecule has 0 aliphatic carbocycles. The lowest BCUT2D eigenvalue weighted by Crippen LogP contribution is -2.43. The van der Waals surface area contributed by atoms with Crippen molar-refractivity contribution in [2.45, 2.75) is 32.2 Å². The molecule has 9 heteroatoms. The van der Waals surface area contributed by atoms with Gasteiger partial charge in [0.2, 0.25) is 5.91 Å². The van der Waals surface area contributed by atoms with E-state index < -0.39 is 30.2 Å². The van der Waals surface area contributed by atoms with Crippen molar-refractivity contribution in [3.63, 3.8) is 0 Å². The first-order valence-electron chi connectivity index (χ1n) is 6.06. The Labute approximate surface area is 125 Å². The van der Waals surface area contributed by atoms with Crippen LogP contribution in [0.15, 0.2) is 6.20 Å². The summed E-state index contributed by atoms with van der Waals surface area (Å²) in [4.78, 5) is 41.8. The number of nitrogens with two attached hydrogens (primary N) is 1. The minimum atomic E-state index is -1.44. The molecule has 1 aromatic heterocycles. The van der Waals surface area contributed by atoms with Crippen LogP contribution >= 0.6 is 11.6 Å². The first kappa shape index (κ1) is 16.8. The van der Waals surface area contributed by atoms with E-state index in [1.807, 2.05) is 13.8 Å². The molecule has 0 saturated carbocycles. The zero-order valence-electron chi connectivity index (χ0n) is 11.5. The van der Waals surface area contributed by atoms with Gasteiger partial charge < -0.3 is 16.2 Å². The normalized spacial score (nSPS) is 12.0. The Kier molecular flexibility index (Phi) is 5.60. The second-order valence-electron chi connectivity index (χ2n) is 4.61. The van der Waals surface area contributed by atoms with E-state index in [0.717, 1.165) is 0 Å². The summed E-state index contributed by atoms with van der Waals surface area (Å²) in [5, 5.41) is 11.1. The molecule has 0 aromatic carbocycles. The van der Waals surface area contributed by atoms with Gasteiger partial charge in [0.25, 0.3) is 5.91 Å². The molecule has 1 heterocycles. The summed E-state index contributed by atoms with van der Waals surface area (Å²) in [5.41, 5.74) is 4.79. The Morgan fingerprint density at radius 1 is 1.43 bits per heavy atom. The number of aliphatic carboxylic acids is 1. The van der Waals surface area contributed by atoms with Crippen molar-refractivity contribution in [1.82, 2.24) is 15.3 Å². The van der Waals surface area contributed by atoms with Gasteiger partial charge in [-0.2, -0.15) is 0 Å². The van der Waals surface area contributed by atoms with E-state index in [2.05, 4.69) is 15.3 Å². The van der Waals surface area contributed by atoms with Gasteiger partial charge in [-0.15, -0.1) is 0 Å². The van der Waals surface area contributed by atoms with Gasteiger partial charge in [-0.1, -0.05) is 25.4 Å². The number of nitrogens with zero attached hydrogens (tertiary/aromatic N) is 2. The van der Waals surface area contributed by atoms with E-state index in [1.165, 1.54) is 6.20 Å². The molecule has 1 atom stereocenters. The second kappa shape index (κ2) is 6.98. The molecule has 21 heavy (non-hydrogen) atoms. The molecule has 0 bridgehead atoms. The highest BCUT2D eigenvalue weighted by molar-refractivity contribution is 6.33. The summed E-state index contributed by atoms with van der Waals surface area (Å²) in [6.07, 6.45) is 0.740. The van der Waals surface area contributed by atoms with E-state index in [0.29, 0.717) is 5.82 Å². The monoisotopic (exact) mass is 314 g/mol. The smallest absolute Gasteiger partial charge is 0.326 e. The van der Waals surface area contributed by atoms with E-state index in [-0.39, 0.29) is 16.6 Å². The number of carbonyl (C=O) groups is 3. The van der Waals surface area contributed by atoms with Gasteiger partial charge in [-0.25, -0.2) is 14.8 Å². The van der Waals surface area contributed by atoms with Gasteiger partial charge in [0.15, 0.2) is 0 Å². The van der Waals surface area contributed by atoms with E-state index in [1.54, 1.807) is 0 Å². The number of aromatic nitrogens is 2. The van der Waals surface area contributed by atoms with Gasteiger partial charge in [-0.3, -0.25) is 9.59 Å². The van der Waals surface area contributed by atoms with Crippen molar-refractivity contribution >= 4 is 29.4 Å². The summed E-state index contributed by atoms with van der Waals surface area (Å²) < 4.78 is 0. The Balaban J connectivity index is 2.99. The Morgan fingerprint density at radius 2 is 2.05 bits per heavy atom. The first-order chi connectivity index (χ1) is 9.72. The van der Waals surface area contributed by atoms with E-state index >= 15 is 0 Å². The number of amides is 2. The minimum Gasteiger partial charge on any atom is -0.480 e. The third kappa shape index (κ3) is 4.67. The molecule has 4 N–H and O–H groups in total. The van der Waals surface area contributed by atoms with Gasteiger partial charge in [0.1, 0.15) is 17.6 Å². The third-order valence-corrected chi connectivity index (χ3v) is 2.78. The topological polar surface area (TPSA) is 135 Å². The molecule has 0 aliphatic rings. The van der Waals surface area contributed by atoms with Crippen LogP contribution in [0.25, 0.3) is 0 Å². The number of nitrogens with one attached hydrogen (secondary N) is 1. The van der Waals surface area contributed by atoms with Crippen molar-refractivity contribution in [3.8, 4) is 0 Å². The first-order valence-corrected chi connectivity index (χ1v) is 6.44. The van der Waals surface area contributed by atoms with Crippen LogP contribution in [-0.2, 0) is 9.59 Å². The van der Waals surface area contributed by atoms with Crippen molar-refractivity contribution in [3.05, 3.63) is 22.7 Å². The molecule has 0 spiro atoms. The third-order valence-electron chi connectivity index (χ3n) is 2.50. The molecule has 0 saturated heterocycles. The highest BCUT2D eigenvalue weighted by atomic mass is 35.5. The minimum absolute atomic E-state index is 0.0138. The fourth-order valence-corrected chi connectivity index (χ4v) is 1.62. The van der Waals surface area contributed by atoms with E-state index in [9.17, 15) is 14.4 Å². The maximum atomic E-state index is 12.0. The molecule has 1 aromatic rings. The fourth-order valence-electron chi connectivity index (χ4n) is 1.45. The van der Waals surface area contributed by atoms with Crippen LogP contribution in [-0.4, -0.2) is 38.9 Å². The maximum absolute atomic E-state index is 12.0. The van der Waals surface area contributed by atoms with E-state index in [4.69, 9.17) is 22.4 Å². The zero-order valence-corrected chi connectivity index (χ0v) is 12.2. The van der Waals surface area contributed by atoms with Crippen LogP contribution in [0.3, 0.4) is 0 Å². The predicted molar refractivity (Wildman–Crippen MR) is 73.8 cm³/mol. The summed E-state index contributed by atoms with van der Waals surface area (Å²) in [6, 6.07) is -1.44. The number of hydrogen-bond donors (Lipinski definition) is 3. The summed E-state index contributed by atoms with van der Waals surface area (Å²) in [7, 11) is 0. The number of primary amides is 1. The highest BCUT2D eigenvalue weighted by Crippen LogP contribution is 2.16. The average Bonchev–Trinajstić information content (AvgIpc) is 2.37. The van der Waals surface area contributed by atoms with Crippen LogP contribution in [0, 0.1) is 0 Å². The molecule has 2 amide bonds. The Morgan fingerprint density at radius 3 is 2.52 bits per heavy atom. The molecule has 1 unspecified atom stereocenters. The van der Waals surface area contributed by atoms with Gasteiger partial charge in [0, 0.05) is 5.92 Å². The molecule has 0 fully saturated rings. The van der Waals surface area contributed by atoms with Crippen molar-refractivity contribution < 1.29 is 19.5 Å². The quantitative estimate of drug-likeness (QED) is 0.691. The molecule has 0 radical (unpaired) electrons. The van der Waals surface area contributed by atoms with Crippen LogP contribution in [0.5, 0.6) is 0 Å². The number of halogens is 1. The average molecular weight is 315 g/mol. The number of carboxylic acids is 1. The number of carbonyl (C=O) groups excluding carboxylic acids is 2. The van der Waals surface area contributed by atoms with Gasteiger partial charge in [0.05, 0.1) is 17.6 Å². The number of rotatable bonds is 6. The van der Waals surface area contributed by atoms with Crippen LogP contribution in [0.4, 0.5) is 0 Å². The van der Waals surface area contributed by atoms with Crippen molar-refractivity contribution in [2.24, 2.45) is 5.73 Å². The molecule has 0 aliphatic heterocycles. The molecular weight excluding hydrogens is 300 g/mol. The summed E-state index contributed by atoms with van der Waals surface area (Å²) >= 11 is 5.84. The molecule has 1 rings (SSSR count). The Bertz CT molecular complexity index is 576. The van der Waals surface area contributed by atoms with Gasteiger partial charge >= 0.3 is 5.97 Å². The van der Waals surface area contributed by atoms with Crippen LogP contribution < -0.4 is 11.1 Å². The zero-order chi connectivity index (χ0) is 16.2. The standard InChI is InChI=1S/C12H15ClN4O4/c1-5(2)10-15-4-6(13)9(17-10)11(19)16-7(12(20)21)3-8(14)18/h4-5,7H,3H2,1-2H3,(H2,14,18)(H,16,19)(H,20,21). The van der Waals surface area contributed by atoms with Crippen LogP contribution in [0.1, 0.15) is 42.5 Å². The van der Waals surface area contributed by atoms with Crippen molar-refractivity contribution in [2.75, 3.05) is 0 Å². The van der Waals surface area contributed by atoms with Crippen LogP contribution in [0.2, 0.25) is 5.02 Å². The largest absolute Gasteiger partial charge is 0.480 e. The summed E-state index contributed by atoms with van der Waals surface area (Å²) in [5.74, 6) is -2.67. The van der Waals surface area contributed by atoms with Crippen molar-refractivity contribution in [1.29, 1.82) is 0 Å². The molecule has 114 valence electrons. The fraction of sp³-hybridized carbons (Fsp3) is 0.417. The maximum Gasteiger partial charge on any atom is 0.326 e. The lowest BCUT2D eigenvalue weighted by Gasteiger charge is -2.13. The summed E-state index contributed by atoms with van der Waals surface area (Å²) in [6.45, 7) is 3.66. The SMILES string of the molecule is CC(C)c1ncc(Cl)c(C(=O)NC(CC(N)=O)C(=O)O)n1. The lowest BCUT2D eigenvalue weighted by molar-refractivity contribution is -0.140. The Hall–Kier alpha value is -2.22. The molecular formula is C12H15ClN4O4. The number of carboxylic acid groups (broad SMARTS) is 1. The highest BCUT2D eigenvalue weighted by Gasteiger charge is 2.25. The second-order valence-corrected chi connectivity index (χ2v) is 5.02. The van der Waals surface area contributed by atoms with Gasteiger partial charge in [-0.05, 0) is 0 Å². The lowest BCUT2D eigenvalue weighted by atomic mass is 10.2. The number of hydrogen-bond acceptors (Lipinski definition) is 5. The molecule has 8 nitrogen and oxygen atoms in total.